The number of amides is 1. The number of benzene rings is 1. The summed E-state index contributed by atoms with van der Waals surface area (Å²) in [6.45, 7) is 0. The normalized spacial score (nSPS) is 12.2. The lowest BCUT2D eigenvalue weighted by Gasteiger charge is -2.17. The van der Waals surface area contributed by atoms with Crippen LogP contribution in [0.2, 0.25) is 0 Å². The molecule has 0 aliphatic heterocycles. The molecule has 0 saturated heterocycles. The Hall–Kier alpha value is -3.30. The lowest BCUT2D eigenvalue weighted by Crippen LogP contribution is -2.29. The molecule has 3 aromatic rings. The van der Waals surface area contributed by atoms with Crippen LogP contribution in [0.15, 0.2) is 30.6 Å². The highest BCUT2D eigenvalue weighted by molar-refractivity contribution is 5.65. The molecule has 4 N–H and O–H groups in total. The van der Waals surface area contributed by atoms with Gasteiger partial charge in [-0.25, -0.2) is 18.6 Å². The number of aromatic nitrogens is 4. The maximum Gasteiger partial charge on any atom is 0.405 e. The van der Waals surface area contributed by atoms with Gasteiger partial charge in [-0.05, 0) is 24.1 Å². The van der Waals surface area contributed by atoms with E-state index < -0.39 is 23.8 Å². The fourth-order valence-electron chi connectivity index (χ4n) is 2.38. The largest absolute Gasteiger partial charge is 0.465 e. The first-order valence-corrected chi connectivity index (χ1v) is 6.83. The van der Waals surface area contributed by atoms with E-state index in [0.717, 1.165) is 18.2 Å². The van der Waals surface area contributed by atoms with Crippen LogP contribution in [0.25, 0.3) is 5.78 Å². The maximum atomic E-state index is 13.3. The summed E-state index contributed by atoms with van der Waals surface area (Å²) in [5, 5.41) is 15.2. The van der Waals surface area contributed by atoms with Crippen LogP contribution in [-0.4, -0.2) is 30.8 Å². The zero-order valence-corrected chi connectivity index (χ0v) is 12.1. The van der Waals surface area contributed by atoms with E-state index in [1.54, 1.807) is 0 Å². The van der Waals surface area contributed by atoms with Crippen LogP contribution in [0.3, 0.4) is 0 Å². The molecule has 2 aromatic heterocycles. The fourth-order valence-corrected chi connectivity index (χ4v) is 2.38. The number of halogens is 2. The summed E-state index contributed by atoms with van der Waals surface area (Å²) in [6, 6.07) is 3.55. The van der Waals surface area contributed by atoms with Crippen LogP contribution in [0.1, 0.15) is 17.3 Å². The van der Waals surface area contributed by atoms with E-state index in [4.69, 9.17) is 10.8 Å². The van der Waals surface area contributed by atoms with E-state index in [0.29, 0.717) is 0 Å². The highest BCUT2D eigenvalue weighted by atomic mass is 19.1. The van der Waals surface area contributed by atoms with Crippen molar-refractivity contribution in [2.45, 2.75) is 12.5 Å². The van der Waals surface area contributed by atoms with E-state index >= 15 is 0 Å². The molecule has 0 saturated carbocycles. The molecule has 0 spiro atoms. The summed E-state index contributed by atoms with van der Waals surface area (Å²) >= 11 is 0. The van der Waals surface area contributed by atoms with Crippen molar-refractivity contribution in [2.24, 2.45) is 0 Å². The van der Waals surface area contributed by atoms with Gasteiger partial charge in [0.05, 0.1) is 11.7 Å². The molecule has 1 amide bonds. The van der Waals surface area contributed by atoms with E-state index in [9.17, 15) is 13.6 Å². The number of nitrogens with two attached hydrogens (primary N) is 1. The van der Waals surface area contributed by atoms with Gasteiger partial charge in [0.15, 0.2) is 0 Å². The summed E-state index contributed by atoms with van der Waals surface area (Å²) in [4.78, 5) is 19.1. The number of hydrogen-bond donors (Lipinski definition) is 3. The topological polar surface area (TPSA) is 118 Å². The second-order valence-electron chi connectivity index (χ2n) is 5.06. The van der Waals surface area contributed by atoms with Crippen molar-refractivity contribution in [1.82, 2.24) is 24.9 Å². The molecule has 8 nitrogen and oxygen atoms in total. The second-order valence-corrected chi connectivity index (χ2v) is 5.06. The standard InChI is InChI=1S/C14H12F2N6O2/c15-8-1-7(2-9(16)4-8)3-10(21-14(23)24)11-5-12(17)22-13(20-11)18-6-19-22/h1-2,4-6,10,21H,3,17H2,(H,23,24). The smallest absolute Gasteiger partial charge is 0.405 e. The molecule has 124 valence electrons. The summed E-state index contributed by atoms with van der Waals surface area (Å²) in [6.07, 6.45) is -0.0690. The van der Waals surface area contributed by atoms with Crippen LogP contribution < -0.4 is 11.1 Å². The van der Waals surface area contributed by atoms with Crippen molar-refractivity contribution in [3.8, 4) is 0 Å². The van der Waals surface area contributed by atoms with Crippen LogP contribution in [0.4, 0.5) is 19.4 Å². The molecule has 10 heteroatoms. The van der Waals surface area contributed by atoms with E-state index in [2.05, 4.69) is 20.4 Å². The summed E-state index contributed by atoms with van der Waals surface area (Å²) in [5.74, 6) is -1.11. The first-order valence-electron chi connectivity index (χ1n) is 6.83. The molecule has 3 rings (SSSR count). The number of nitrogen functional groups attached to an aromatic ring is 1. The number of carbonyl (C=O) groups is 1. The Morgan fingerprint density at radius 1 is 1.29 bits per heavy atom. The number of carboxylic acid groups (broad SMARTS) is 1. The van der Waals surface area contributed by atoms with Crippen molar-refractivity contribution in [3.63, 3.8) is 0 Å². The van der Waals surface area contributed by atoms with E-state index in [1.165, 1.54) is 16.9 Å². The average molecular weight is 334 g/mol. The average Bonchev–Trinajstić information content (AvgIpc) is 2.94. The lowest BCUT2D eigenvalue weighted by atomic mass is 10.0. The van der Waals surface area contributed by atoms with E-state index in [-0.39, 0.29) is 29.3 Å². The Morgan fingerprint density at radius 2 is 2.00 bits per heavy atom. The minimum Gasteiger partial charge on any atom is -0.465 e. The molecule has 0 fully saturated rings. The van der Waals surface area contributed by atoms with Crippen molar-refractivity contribution in [1.29, 1.82) is 0 Å². The summed E-state index contributed by atoms with van der Waals surface area (Å²) in [7, 11) is 0. The van der Waals surface area contributed by atoms with Gasteiger partial charge in [-0.3, -0.25) is 0 Å². The maximum absolute atomic E-state index is 13.3. The van der Waals surface area contributed by atoms with Crippen LogP contribution >= 0.6 is 0 Å². The van der Waals surface area contributed by atoms with Gasteiger partial charge in [-0.2, -0.15) is 14.6 Å². The van der Waals surface area contributed by atoms with Crippen molar-refractivity contribution in [3.05, 3.63) is 53.5 Å². The third kappa shape index (κ3) is 3.21. The SMILES string of the molecule is Nc1cc(C(Cc2cc(F)cc(F)c2)NC(=O)O)nc2ncnn12. The minimum absolute atomic E-state index is 0.0161. The van der Waals surface area contributed by atoms with Crippen LogP contribution in [0, 0.1) is 11.6 Å². The molecule has 1 atom stereocenters. The zero-order chi connectivity index (χ0) is 17.3. The monoisotopic (exact) mass is 334 g/mol. The highest BCUT2D eigenvalue weighted by Gasteiger charge is 2.19. The third-order valence-electron chi connectivity index (χ3n) is 3.32. The molecular formula is C14H12F2N6O2. The Morgan fingerprint density at radius 3 is 2.67 bits per heavy atom. The molecule has 2 heterocycles. The predicted molar refractivity (Wildman–Crippen MR) is 79.2 cm³/mol. The van der Waals surface area contributed by atoms with Crippen molar-refractivity contribution in [2.75, 3.05) is 5.73 Å². The quantitative estimate of drug-likeness (QED) is 0.666. The molecule has 0 radical (unpaired) electrons. The molecule has 1 unspecified atom stereocenters. The summed E-state index contributed by atoms with van der Waals surface area (Å²) in [5.41, 5.74) is 6.37. The second kappa shape index (κ2) is 6.07. The molecular weight excluding hydrogens is 322 g/mol. The fraction of sp³-hybridized carbons (Fsp3) is 0.143. The summed E-state index contributed by atoms with van der Waals surface area (Å²) < 4.78 is 28.0. The molecule has 0 bridgehead atoms. The predicted octanol–water partition coefficient (Wildman–Crippen LogP) is 1.54. The van der Waals surface area contributed by atoms with Gasteiger partial charge < -0.3 is 16.2 Å². The number of nitrogens with zero attached hydrogens (tertiary/aromatic N) is 4. The number of rotatable bonds is 4. The Bertz CT molecular complexity index is 893. The minimum atomic E-state index is -1.31. The first kappa shape index (κ1) is 15.6. The third-order valence-corrected chi connectivity index (χ3v) is 3.32. The number of nitrogens with one attached hydrogen (secondary N) is 1. The lowest BCUT2D eigenvalue weighted by molar-refractivity contribution is 0.189. The van der Waals surface area contributed by atoms with Crippen LogP contribution in [-0.2, 0) is 6.42 Å². The van der Waals surface area contributed by atoms with Crippen LogP contribution in [0.5, 0.6) is 0 Å². The Balaban J connectivity index is 1.99. The van der Waals surface area contributed by atoms with Gasteiger partial charge in [0, 0.05) is 12.1 Å². The molecule has 0 aliphatic carbocycles. The van der Waals surface area contributed by atoms with Crippen molar-refractivity contribution >= 4 is 17.7 Å². The van der Waals surface area contributed by atoms with Gasteiger partial charge in [-0.15, -0.1) is 0 Å². The Kier molecular flexibility index (Phi) is 3.94. The van der Waals surface area contributed by atoms with Gasteiger partial charge in [-0.1, -0.05) is 0 Å². The number of anilines is 1. The van der Waals surface area contributed by atoms with Gasteiger partial charge in [0.1, 0.15) is 23.8 Å². The number of fused-ring (bicyclic) bond motifs is 1. The molecule has 24 heavy (non-hydrogen) atoms. The van der Waals surface area contributed by atoms with Crippen molar-refractivity contribution < 1.29 is 18.7 Å². The van der Waals surface area contributed by atoms with E-state index in [1.807, 2.05) is 0 Å². The molecule has 1 aromatic carbocycles. The van der Waals surface area contributed by atoms with Gasteiger partial charge in [0.25, 0.3) is 5.78 Å². The Labute approximate surface area is 134 Å². The highest BCUT2D eigenvalue weighted by Crippen LogP contribution is 2.21. The van der Waals surface area contributed by atoms with Gasteiger partial charge in [0.2, 0.25) is 0 Å². The first-order chi connectivity index (χ1) is 11.4. The zero-order valence-electron chi connectivity index (χ0n) is 12.1. The van der Waals surface area contributed by atoms with Gasteiger partial charge >= 0.3 is 6.09 Å². The molecule has 0 aliphatic rings. The number of hydrogen-bond acceptors (Lipinski definition) is 5.